The highest BCUT2D eigenvalue weighted by atomic mass is 19.1. The van der Waals surface area contributed by atoms with Crippen LogP contribution in [0.2, 0.25) is 0 Å². The van der Waals surface area contributed by atoms with E-state index >= 15 is 0 Å². The van der Waals surface area contributed by atoms with E-state index < -0.39 is 0 Å². The van der Waals surface area contributed by atoms with Gasteiger partial charge in [-0.15, -0.1) is 0 Å². The maximum Gasteiger partial charge on any atom is 0.315 e. The van der Waals surface area contributed by atoms with Gasteiger partial charge in [0.2, 0.25) is 5.91 Å². The van der Waals surface area contributed by atoms with Crippen molar-refractivity contribution in [1.82, 2.24) is 15.5 Å². The second kappa shape index (κ2) is 7.42. The summed E-state index contributed by atoms with van der Waals surface area (Å²) >= 11 is 0. The lowest BCUT2D eigenvalue weighted by Crippen LogP contribution is -2.40. The Bertz CT molecular complexity index is 660. The molecule has 1 unspecified atom stereocenters. The molecule has 1 heterocycles. The molecule has 2 atom stereocenters. The van der Waals surface area contributed by atoms with Crippen molar-refractivity contribution in [3.8, 4) is 0 Å². The van der Waals surface area contributed by atoms with Crippen LogP contribution in [0.1, 0.15) is 49.8 Å². The van der Waals surface area contributed by atoms with E-state index in [-0.39, 0.29) is 29.7 Å². The Hall–Kier alpha value is -2.11. The number of hydrogen-bond donors (Lipinski definition) is 2. The summed E-state index contributed by atoms with van der Waals surface area (Å²) < 4.78 is 13.7. The smallest absolute Gasteiger partial charge is 0.315 e. The van der Waals surface area contributed by atoms with E-state index in [1.165, 1.54) is 6.07 Å². The second-order valence-electron chi connectivity index (χ2n) is 7.17. The molecule has 25 heavy (non-hydrogen) atoms. The summed E-state index contributed by atoms with van der Waals surface area (Å²) in [5.41, 5.74) is 1.35. The Kier molecular flexibility index (Phi) is 5.25. The first-order valence-corrected chi connectivity index (χ1v) is 9.07. The monoisotopic (exact) mass is 347 g/mol. The molecule has 2 aliphatic rings. The summed E-state index contributed by atoms with van der Waals surface area (Å²) in [5.74, 6) is 0.120. The Morgan fingerprint density at radius 3 is 2.80 bits per heavy atom. The van der Waals surface area contributed by atoms with E-state index in [9.17, 15) is 14.0 Å². The highest BCUT2D eigenvalue weighted by molar-refractivity contribution is 5.79. The quantitative estimate of drug-likeness (QED) is 0.831. The minimum absolute atomic E-state index is 0.177. The van der Waals surface area contributed by atoms with Crippen molar-refractivity contribution in [2.45, 2.75) is 51.6 Å². The summed E-state index contributed by atoms with van der Waals surface area (Å²) in [6, 6.07) is 4.98. The van der Waals surface area contributed by atoms with Crippen LogP contribution in [0.5, 0.6) is 0 Å². The maximum atomic E-state index is 13.7. The van der Waals surface area contributed by atoms with Crippen molar-refractivity contribution in [1.29, 1.82) is 0 Å². The van der Waals surface area contributed by atoms with Gasteiger partial charge in [-0.3, -0.25) is 4.79 Å². The van der Waals surface area contributed by atoms with Gasteiger partial charge in [0, 0.05) is 31.5 Å². The molecule has 0 bridgehead atoms. The van der Waals surface area contributed by atoms with Crippen LogP contribution >= 0.6 is 0 Å². The van der Waals surface area contributed by atoms with Crippen LogP contribution in [0, 0.1) is 18.7 Å². The van der Waals surface area contributed by atoms with Crippen LogP contribution in [0.15, 0.2) is 18.2 Å². The molecule has 1 saturated carbocycles. The lowest BCUT2D eigenvalue weighted by Gasteiger charge is -2.20. The SMILES string of the molecule is CC[C@H](NC(=O)NCC1CC(=O)N(C2CC2)C1)c1ccc(C)c(F)c1. The molecule has 0 aromatic heterocycles. The number of aryl methyl sites for hydroxylation is 1. The van der Waals surface area contributed by atoms with Gasteiger partial charge in [0.05, 0.1) is 6.04 Å². The van der Waals surface area contributed by atoms with Crippen molar-refractivity contribution in [2.24, 2.45) is 5.92 Å². The van der Waals surface area contributed by atoms with Crippen LogP contribution in [0.25, 0.3) is 0 Å². The summed E-state index contributed by atoms with van der Waals surface area (Å²) in [5, 5.41) is 5.76. The fourth-order valence-corrected chi connectivity index (χ4v) is 3.38. The van der Waals surface area contributed by atoms with Gasteiger partial charge >= 0.3 is 6.03 Å². The van der Waals surface area contributed by atoms with E-state index in [0.717, 1.165) is 24.9 Å². The van der Waals surface area contributed by atoms with Crippen LogP contribution in [-0.4, -0.2) is 36.0 Å². The molecule has 5 nitrogen and oxygen atoms in total. The van der Waals surface area contributed by atoms with E-state index in [2.05, 4.69) is 10.6 Å². The second-order valence-corrected chi connectivity index (χ2v) is 7.17. The zero-order chi connectivity index (χ0) is 18.0. The highest BCUT2D eigenvalue weighted by Crippen LogP contribution is 2.32. The molecule has 0 radical (unpaired) electrons. The fourth-order valence-electron chi connectivity index (χ4n) is 3.38. The largest absolute Gasteiger partial charge is 0.339 e. The summed E-state index contributed by atoms with van der Waals surface area (Å²) in [6.07, 6.45) is 3.40. The predicted octanol–water partition coefficient (Wildman–Crippen LogP) is 2.90. The molecule has 136 valence electrons. The van der Waals surface area contributed by atoms with Crippen molar-refractivity contribution in [2.75, 3.05) is 13.1 Å². The number of benzene rings is 1. The average molecular weight is 347 g/mol. The van der Waals surface area contributed by atoms with E-state index in [4.69, 9.17) is 0 Å². The number of carbonyl (C=O) groups is 2. The first kappa shape index (κ1) is 17.7. The number of hydrogen-bond acceptors (Lipinski definition) is 2. The zero-order valence-electron chi connectivity index (χ0n) is 14.8. The van der Waals surface area contributed by atoms with Crippen LogP contribution in [-0.2, 0) is 4.79 Å². The summed E-state index contributed by atoms with van der Waals surface area (Å²) in [7, 11) is 0. The van der Waals surface area contributed by atoms with Gasteiger partial charge in [0.25, 0.3) is 0 Å². The maximum absolute atomic E-state index is 13.7. The normalized spacial score (nSPS) is 21.3. The van der Waals surface area contributed by atoms with Crippen LogP contribution in [0.4, 0.5) is 9.18 Å². The molecule has 1 aliphatic heterocycles. The molecule has 2 fully saturated rings. The summed E-state index contributed by atoms with van der Waals surface area (Å²) in [6.45, 7) is 4.89. The van der Waals surface area contributed by atoms with E-state index in [0.29, 0.717) is 31.0 Å². The molecule has 1 aromatic carbocycles. The Morgan fingerprint density at radius 1 is 1.40 bits per heavy atom. The van der Waals surface area contributed by atoms with Gasteiger partial charge in [-0.05, 0) is 43.4 Å². The average Bonchev–Trinajstić information content (AvgIpc) is 3.36. The molecule has 6 heteroatoms. The molecule has 1 aromatic rings. The molecule has 2 N–H and O–H groups in total. The number of nitrogens with one attached hydrogen (secondary N) is 2. The minimum Gasteiger partial charge on any atom is -0.339 e. The standard InChI is InChI=1S/C19H26FN3O2/c1-3-17(14-5-4-12(2)16(20)9-14)22-19(25)21-10-13-8-18(24)23(11-13)15-6-7-15/h4-5,9,13,15,17H,3,6-8,10-11H2,1-2H3,(H2,21,22,25)/t13?,17-/m0/s1. The number of amides is 3. The first-order valence-electron chi connectivity index (χ1n) is 9.07. The van der Waals surface area contributed by atoms with Crippen molar-refractivity contribution >= 4 is 11.9 Å². The molecule has 3 rings (SSSR count). The third-order valence-corrected chi connectivity index (χ3v) is 5.09. The number of halogens is 1. The number of nitrogens with zero attached hydrogens (tertiary/aromatic N) is 1. The number of likely N-dealkylation sites (tertiary alicyclic amines) is 1. The van der Waals surface area contributed by atoms with Gasteiger partial charge in [0.15, 0.2) is 0 Å². The molecule has 3 amide bonds. The Morgan fingerprint density at radius 2 is 2.16 bits per heavy atom. The fraction of sp³-hybridized carbons (Fsp3) is 0.579. The first-order chi connectivity index (χ1) is 12.0. The van der Waals surface area contributed by atoms with Crippen molar-refractivity contribution in [3.05, 3.63) is 35.1 Å². The highest BCUT2D eigenvalue weighted by Gasteiger charge is 2.39. The summed E-state index contributed by atoms with van der Waals surface area (Å²) in [4.78, 5) is 26.1. The number of rotatable bonds is 6. The Labute approximate surface area is 148 Å². The molecular formula is C19H26FN3O2. The van der Waals surface area contributed by atoms with Gasteiger partial charge in [-0.2, -0.15) is 0 Å². The van der Waals surface area contributed by atoms with Gasteiger partial charge in [-0.25, -0.2) is 9.18 Å². The third-order valence-electron chi connectivity index (χ3n) is 5.09. The van der Waals surface area contributed by atoms with Gasteiger partial charge < -0.3 is 15.5 Å². The van der Waals surface area contributed by atoms with Crippen LogP contribution < -0.4 is 10.6 Å². The number of urea groups is 1. The van der Waals surface area contributed by atoms with Gasteiger partial charge in [-0.1, -0.05) is 19.1 Å². The van der Waals surface area contributed by atoms with Crippen molar-refractivity contribution < 1.29 is 14.0 Å². The minimum atomic E-state index is -0.273. The molecule has 1 aliphatic carbocycles. The van der Waals surface area contributed by atoms with E-state index in [1.807, 2.05) is 17.9 Å². The van der Waals surface area contributed by atoms with Gasteiger partial charge in [0.1, 0.15) is 5.82 Å². The zero-order valence-corrected chi connectivity index (χ0v) is 14.8. The lowest BCUT2D eigenvalue weighted by molar-refractivity contribution is -0.128. The van der Waals surface area contributed by atoms with Crippen LogP contribution in [0.3, 0.4) is 0 Å². The predicted molar refractivity (Wildman–Crippen MR) is 93.5 cm³/mol. The van der Waals surface area contributed by atoms with E-state index in [1.54, 1.807) is 13.0 Å². The molecular weight excluding hydrogens is 321 g/mol. The van der Waals surface area contributed by atoms with Crippen molar-refractivity contribution in [3.63, 3.8) is 0 Å². The molecule has 0 spiro atoms. The lowest BCUT2D eigenvalue weighted by atomic mass is 10.0. The topological polar surface area (TPSA) is 61.4 Å². The third kappa shape index (κ3) is 4.30. The molecule has 1 saturated heterocycles. The Balaban J connectivity index is 1.49. The number of carbonyl (C=O) groups excluding carboxylic acids is 2.